The third-order valence-corrected chi connectivity index (χ3v) is 2.56. The van der Waals surface area contributed by atoms with Gasteiger partial charge in [0.15, 0.2) is 0 Å². The molecule has 3 atom stereocenters. The van der Waals surface area contributed by atoms with Gasteiger partial charge in [-0.15, -0.1) is 0 Å². The van der Waals surface area contributed by atoms with Crippen molar-refractivity contribution in [2.45, 2.75) is 45.8 Å². The second-order valence-electron chi connectivity index (χ2n) is 3.74. The minimum absolute atomic E-state index is 0.205. The minimum atomic E-state index is -0.402. The van der Waals surface area contributed by atoms with Gasteiger partial charge in [-0.25, -0.2) is 0 Å². The predicted octanol–water partition coefficient (Wildman–Crippen LogP) is 0.247. The second kappa shape index (κ2) is 6.79. The van der Waals surface area contributed by atoms with Gasteiger partial charge in [0.25, 0.3) is 0 Å². The fraction of sp³-hybridized carbons (Fsp3) is 0.900. The van der Waals surface area contributed by atoms with E-state index < -0.39 is 6.10 Å². The maximum Gasteiger partial charge on any atom is 0.234 e. The van der Waals surface area contributed by atoms with Crippen molar-refractivity contribution in [3.05, 3.63) is 0 Å². The van der Waals surface area contributed by atoms with Gasteiger partial charge >= 0.3 is 0 Å². The van der Waals surface area contributed by atoms with Crippen LogP contribution in [0.25, 0.3) is 0 Å². The zero-order valence-corrected chi connectivity index (χ0v) is 9.29. The average Bonchev–Trinajstić information content (AvgIpc) is 2.16. The van der Waals surface area contributed by atoms with E-state index in [1.54, 1.807) is 0 Å². The van der Waals surface area contributed by atoms with E-state index in [2.05, 4.69) is 5.32 Å². The number of amides is 1. The fourth-order valence-electron chi connectivity index (χ4n) is 1.23. The number of nitrogens with one attached hydrogen (secondary N) is 1. The Morgan fingerprint density at radius 2 is 2.00 bits per heavy atom. The molecule has 0 heterocycles. The van der Waals surface area contributed by atoms with Gasteiger partial charge in [0.1, 0.15) is 0 Å². The molecule has 0 bridgehead atoms. The normalized spacial score (nSPS) is 17.4. The molecule has 0 fully saturated rings. The molecule has 2 unspecified atom stereocenters. The van der Waals surface area contributed by atoms with Crippen molar-refractivity contribution in [2.75, 3.05) is 6.54 Å². The molecule has 0 spiro atoms. The molecule has 0 rings (SSSR count). The summed E-state index contributed by atoms with van der Waals surface area (Å²) in [5, 5.41) is 12.3. The van der Waals surface area contributed by atoms with Crippen LogP contribution in [0.2, 0.25) is 0 Å². The highest BCUT2D eigenvalue weighted by molar-refractivity contribution is 5.80. The molecule has 4 N–H and O–H groups in total. The van der Waals surface area contributed by atoms with Crippen LogP contribution < -0.4 is 11.1 Å². The maximum absolute atomic E-state index is 11.1. The van der Waals surface area contributed by atoms with E-state index in [-0.39, 0.29) is 17.9 Å². The van der Waals surface area contributed by atoms with Gasteiger partial charge in [-0.1, -0.05) is 27.2 Å². The molecule has 0 aliphatic heterocycles. The third-order valence-electron chi connectivity index (χ3n) is 2.56. The van der Waals surface area contributed by atoms with E-state index in [0.29, 0.717) is 13.0 Å². The molecule has 84 valence electrons. The lowest BCUT2D eigenvalue weighted by Gasteiger charge is -2.22. The molecule has 0 saturated heterocycles. The quantitative estimate of drug-likeness (QED) is 0.554. The highest BCUT2D eigenvalue weighted by Gasteiger charge is 2.21. The van der Waals surface area contributed by atoms with Gasteiger partial charge in [-0.05, 0) is 12.3 Å². The standard InChI is InChI=1S/C10H22N2O2/c1-4-7(3)9(10(11)14)12-6-8(13)5-2/h7-9,12-13H,4-6H2,1-3H3,(H2,11,14)/t7?,8-,9?/m1/s1. The number of nitrogens with two attached hydrogens (primary N) is 1. The van der Waals surface area contributed by atoms with Crippen LogP contribution in [-0.4, -0.2) is 29.7 Å². The predicted molar refractivity (Wildman–Crippen MR) is 56.7 cm³/mol. The Hall–Kier alpha value is -0.610. The van der Waals surface area contributed by atoms with Crippen molar-refractivity contribution in [3.8, 4) is 0 Å². The molecule has 0 aliphatic rings. The number of aliphatic hydroxyl groups excluding tert-OH is 1. The largest absolute Gasteiger partial charge is 0.392 e. The Kier molecular flexibility index (Phi) is 6.49. The van der Waals surface area contributed by atoms with Crippen molar-refractivity contribution >= 4 is 5.91 Å². The summed E-state index contributed by atoms with van der Waals surface area (Å²) in [7, 11) is 0. The lowest BCUT2D eigenvalue weighted by molar-refractivity contribution is -0.121. The number of hydrogen-bond acceptors (Lipinski definition) is 3. The number of carbonyl (C=O) groups excluding carboxylic acids is 1. The lowest BCUT2D eigenvalue weighted by atomic mass is 9.98. The van der Waals surface area contributed by atoms with Crippen LogP contribution in [0.3, 0.4) is 0 Å². The van der Waals surface area contributed by atoms with Crippen LogP contribution in [0.4, 0.5) is 0 Å². The van der Waals surface area contributed by atoms with Gasteiger partial charge in [-0.2, -0.15) is 0 Å². The van der Waals surface area contributed by atoms with E-state index in [1.165, 1.54) is 0 Å². The summed E-state index contributed by atoms with van der Waals surface area (Å²) in [6, 6.07) is -0.332. The monoisotopic (exact) mass is 202 g/mol. The van der Waals surface area contributed by atoms with Crippen LogP contribution >= 0.6 is 0 Å². The topological polar surface area (TPSA) is 75.3 Å². The van der Waals surface area contributed by atoms with Crippen LogP contribution in [0, 0.1) is 5.92 Å². The van der Waals surface area contributed by atoms with Gasteiger partial charge in [0, 0.05) is 6.54 Å². The van der Waals surface area contributed by atoms with Gasteiger partial charge in [0.05, 0.1) is 12.1 Å². The van der Waals surface area contributed by atoms with E-state index in [9.17, 15) is 9.90 Å². The van der Waals surface area contributed by atoms with Crippen LogP contribution in [0.5, 0.6) is 0 Å². The molecule has 4 nitrogen and oxygen atoms in total. The minimum Gasteiger partial charge on any atom is -0.392 e. The number of carbonyl (C=O) groups is 1. The maximum atomic E-state index is 11.1. The molecule has 14 heavy (non-hydrogen) atoms. The van der Waals surface area contributed by atoms with Gasteiger partial charge < -0.3 is 16.2 Å². The Morgan fingerprint density at radius 3 is 2.36 bits per heavy atom. The fourth-order valence-corrected chi connectivity index (χ4v) is 1.23. The summed E-state index contributed by atoms with van der Waals surface area (Å²) in [6.07, 6.45) is 1.17. The van der Waals surface area contributed by atoms with Gasteiger partial charge in [0.2, 0.25) is 5.91 Å². The molecule has 0 radical (unpaired) electrons. The first-order chi connectivity index (χ1) is 6.52. The zero-order valence-electron chi connectivity index (χ0n) is 9.29. The summed E-state index contributed by atoms with van der Waals surface area (Å²) in [6.45, 7) is 6.31. The molecule has 4 heteroatoms. The van der Waals surface area contributed by atoms with E-state index in [4.69, 9.17) is 5.73 Å². The molecule has 0 saturated carbocycles. The molecular weight excluding hydrogens is 180 g/mol. The molecule has 0 aromatic carbocycles. The summed E-state index contributed by atoms with van der Waals surface area (Å²) < 4.78 is 0. The molecular formula is C10H22N2O2. The summed E-state index contributed by atoms with van der Waals surface area (Å²) >= 11 is 0. The van der Waals surface area contributed by atoms with Crippen molar-refractivity contribution in [1.82, 2.24) is 5.32 Å². The first kappa shape index (κ1) is 13.4. The number of aliphatic hydroxyl groups is 1. The Morgan fingerprint density at radius 1 is 1.43 bits per heavy atom. The summed E-state index contributed by atoms with van der Waals surface area (Å²) in [5.41, 5.74) is 5.26. The second-order valence-corrected chi connectivity index (χ2v) is 3.74. The van der Waals surface area contributed by atoms with E-state index in [1.807, 2.05) is 20.8 Å². The summed E-state index contributed by atoms with van der Waals surface area (Å²) in [5.74, 6) is -0.140. The Labute approximate surface area is 85.9 Å². The van der Waals surface area contributed by atoms with Crippen molar-refractivity contribution in [1.29, 1.82) is 0 Å². The highest BCUT2D eigenvalue weighted by Crippen LogP contribution is 2.07. The van der Waals surface area contributed by atoms with Crippen LogP contribution in [-0.2, 0) is 4.79 Å². The number of primary amides is 1. The molecule has 0 aromatic heterocycles. The van der Waals surface area contributed by atoms with Crippen LogP contribution in [0.1, 0.15) is 33.6 Å². The average molecular weight is 202 g/mol. The van der Waals surface area contributed by atoms with Crippen molar-refractivity contribution in [2.24, 2.45) is 11.7 Å². The first-order valence-corrected chi connectivity index (χ1v) is 5.23. The smallest absolute Gasteiger partial charge is 0.234 e. The number of rotatable bonds is 7. The zero-order chi connectivity index (χ0) is 11.1. The Bertz CT molecular complexity index is 174. The molecule has 0 aliphatic carbocycles. The summed E-state index contributed by atoms with van der Waals surface area (Å²) in [4.78, 5) is 11.1. The lowest BCUT2D eigenvalue weighted by Crippen LogP contribution is -2.48. The SMILES string of the molecule is CCC(C)C(NC[C@H](O)CC)C(N)=O. The van der Waals surface area contributed by atoms with Crippen molar-refractivity contribution < 1.29 is 9.90 Å². The highest BCUT2D eigenvalue weighted by atomic mass is 16.3. The van der Waals surface area contributed by atoms with Crippen molar-refractivity contribution in [3.63, 3.8) is 0 Å². The van der Waals surface area contributed by atoms with E-state index >= 15 is 0 Å². The number of hydrogen-bond donors (Lipinski definition) is 3. The van der Waals surface area contributed by atoms with Crippen LogP contribution in [0.15, 0.2) is 0 Å². The first-order valence-electron chi connectivity index (χ1n) is 5.23. The van der Waals surface area contributed by atoms with E-state index in [0.717, 1.165) is 6.42 Å². The Balaban J connectivity index is 4.04. The molecule has 0 aromatic rings. The molecule has 1 amide bonds. The third kappa shape index (κ3) is 4.58. The van der Waals surface area contributed by atoms with Gasteiger partial charge in [-0.3, -0.25) is 4.79 Å².